The van der Waals surface area contributed by atoms with Crippen molar-refractivity contribution in [1.82, 2.24) is 0 Å². The molecule has 0 aliphatic carbocycles. The number of hydrogen-bond acceptors (Lipinski definition) is 6. The van der Waals surface area contributed by atoms with Gasteiger partial charge in [-0.3, -0.25) is 0 Å². The van der Waals surface area contributed by atoms with Crippen LogP contribution in [0.25, 0.3) is 0 Å². The van der Waals surface area contributed by atoms with E-state index in [2.05, 4.69) is 19.2 Å². The lowest BCUT2D eigenvalue weighted by atomic mass is 9.86. The molecule has 33 heavy (non-hydrogen) atoms. The van der Waals surface area contributed by atoms with E-state index in [1.165, 1.54) is 0 Å². The van der Waals surface area contributed by atoms with Crippen molar-refractivity contribution in [3.8, 4) is 11.5 Å². The van der Waals surface area contributed by atoms with Crippen molar-refractivity contribution in [1.29, 1.82) is 0 Å². The molecule has 0 spiro atoms. The zero-order valence-electron chi connectivity index (χ0n) is 19.9. The molecule has 0 aliphatic rings. The number of nitrogens with one attached hydrogen (secondary N) is 1. The summed E-state index contributed by atoms with van der Waals surface area (Å²) in [7, 11) is -4.03. The summed E-state index contributed by atoms with van der Waals surface area (Å²) in [6.45, 7) is 5.52. The fourth-order valence-electron chi connectivity index (χ4n) is 3.95. The van der Waals surface area contributed by atoms with Gasteiger partial charge in [0.2, 0.25) is 10.0 Å². The van der Waals surface area contributed by atoms with Gasteiger partial charge in [-0.15, -0.1) is 0 Å². The van der Waals surface area contributed by atoms with Gasteiger partial charge < -0.3 is 21.5 Å². The maximum Gasteiger partial charge on any atom is 0.241 e. The smallest absolute Gasteiger partial charge is 0.241 e. The number of unbranched alkanes of at least 4 members (excludes halogenated alkanes) is 1. The first kappa shape index (κ1) is 27.1. The van der Waals surface area contributed by atoms with Crippen molar-refractivity contribution in [3.63, 3.8) is 0 Å². The largest absolute Gasteiger partial charge is 0.454 e. The van der Waals surface area contributed by atoms with Gasteiger partial charge in [-0.2, -0.15) is 0 Å². The lowest BCUT2D eigenvalue weighted by Gasteiger charge is -2.25. The highest BCUT2D eigenvalue weighted by Gasteiger charge is 2.24. The van der Waals surface area contributed by atoms with Gasteiger partial charge in [0.15, 0.2) is 5.75 Å². The summed E-state index contributed by atoms with van der Waals surface area (Å²) in [4.78, 5) is -0.0236. The molecule has 0 heterocycles. The number of anilines is 1. The number of para-hydroxylation sites is 1. The van der Waals surface area contributed by atoms with Crippen LogP contribution in [0.1, 0.15) is 57.9 Å². The average molecular weight is 477 g/mol. The summed E-state index contributed by atoms with van der Waals surface area (Å²) in [5.74, 6) is 0.964. The van der Waals surface area contributed by atoms with Gasteiger partial charge in [-0.1, -0.05) is 44.9 Å². The third kappa shape index (κ3) is 8.62. The lowest BCUT2D eigenvalue weighted by molar-refractivity contribution is 0.364. The van der Waals surface area contributed by atoms with E-state index < -0.39 is 10.0 Å². The molecule has 0 aliphatic heterocycles. The van der Waals surface area contributed by atoms with E-state index in [0.29, 0.717) is 30.9 Å². The minimum Gasteiger partial charge on any atom is -0.454 e. The van der Waals surface area contributed by atoms with Crippen molar-refractivity contribution in [2.75, 3.05) is 18.4 Å². The molecule has 7 nitrogen and oxygen atoms in total. The molecule has 8 heteroatoms. The summed E-state index contributed by atoms with van der Waals surface area (Å²) in [6.07, 6.45) is 6.28. The Morgan fingerprint density at radius 3 is 2.36 bits per heavy atom. The van der Waals surface area contributed by atoms with Crippen molar-refractivity contribution < 1.29 is 13.2 Å². The Hall–Kier alpha value is -2.13. The zero-order chi connectivity index (χ0) is 24.3. The Kier molecular flexibility index (Phi) is 11.1. The number of rotatable bonds is 15. The summed E-state index contributed by atoms with van der Waals surface area (Å²) in [6, 6.07) is 12.7. The molecule has 7 N–H and O–H groups in total. The minimum absolute atomic E-state index is 0.0236. The van der Waals surface area contributed by atoms with Crippen molar-refractivity contribution in [2.45, 2.75) is 69.7 Å². The quantitative estimate of drug-likeness (QED) is 0.282. The van der Waals surface area contributed by atoms with Gasteiger partial charge in [-0.25, -0.2) is 13.6 Å². The summed E-state index contributed by atoms with van der Waals surface area (Å²) < 4.78 is 31.2. The predicted molar refractivity (Wildman–Crippen MR) is 136 cm³/mol. The molecule has 2 aromatic carbocycles. The molecule has 0 amide bonds. The molecular formula is C25H40N4O3S. The third-order valence-corrected chi connectivity index (χ3v) is 6.65. The molecule has 2 atom stereocenters. The van der Waals surface area contributed by atoms with E-state index in [0.717, 1.165) is 44.1 Å². The normalized spacial score (nSPS) is 13.5. The highest BCUT2D eigenvalue weighted by Crippen LogP contribution is 2.38. The zero-order valence-corrected chi connectivity index (χ0v) is 20.7. The van der Waals surface area contributed by atoms with E-state index in [1.54, 1.807) is 18.2 Å². The fourth-order valence-corrected chi connectivity index (χ4v) is 4.68. The molecular weight excluding hydrogens is 436 g/mol. The summed E-state index contributed by atoms with van der Waals surface area (Å²) >= 11 is 0. The van der Waals surface area contributed by atoms with Crippen LogP contribution < -0.4 is 26.7 Å². The van der Waals surface area contributed by atoms with Crippen LogP contribution in [0, 0.1) is 5.92 Å². The van der Waals surface area contributed by atoms with Crippen LogP contribution in [0.5, 0.6) is 11.5 Å². The van der Waals surface area contributed by atoms with Crippen LogP contribution in [0.4, 0.5) is 5.69 Å². The molecule has 0 aromatic heterocycles. The molecule has 184 valence electrons. The Morgan fingerprint density at radius 2 is 1.76 bits per heavy atom. The first-order valence-corrected chi connectivity index (χ1v) is 13.5. The van der Waals surface area contributed by atoms with E-state index in [9.17, 15) is 8.42 Å². The van der Waals surface area contributed by atoms with Gasteiger partial charge in [-0.05, 0) is 74.4 Å². The van der Waals surface area contributed by atoms with Crippen LogP contribution in [0.2, 0.25) is 0 Å². The molecule has 0 fully saturated rings. The van der Waals surface area contributed by atoms with Crippen LogP contribution in [0.3, 0.4) is 0 Å². The monoisotopic (exact) mass is 476 g/mol. The van der Waals surface area contributed by atoms with Crippen LogP contribution in [-0.2, 0) is 16.4 Å². The summed E-state index contributed by atoms with van der Waals surface area (Å²) in [5.41, 5.74) is 13.7. The second kappa shape index (κ2) is 13.5. The number of hydrogen-bond donors (Lipinski definition) is 4. The molecule has 2 unspecified atom stereocenters. The Labute approximate surface area is 199 Å². The first-order valence-electron chi connectivity index (χ1n) is 11.9. The minimum atomic E-state index is -4.03. The maximum absolute atomic E-state index is 12.6. The van der Waals surface area contributed by atoms with Gasteiger partial charge in [0.05, 0.1) is 5.69 Å². The Bertz CT molecular complexity index is 952. The van der Waals surface area contributed by atoms with Crippen LogP contribution in [0.15, 0.2) is 47.4 Å². The van der Waals surface area contributed by atoms with Crippen LogP contribution in [-0.4, -0.2) is 27.5 Å². The number of nitrogens with two attached hydrogens (primary N) is 3. The number of ether oxygens (including phenoxy) is 1. The Morgan fingerprint density at radius 1 is 1.03 bits per heavy atom. The van der Waals surface area contributed by atoms with Crippen molar-refractivity contribution in [2.24, 2.45) is 22.5 Å². The average Bonchev–Trinajstić information content (AvgIpc) is 2.78. The highest BCUT2D eigenvalue weighted by molar-refractivity contribution is 7.89. The van der Waals surface area contributed by atoms with Gasteiger partial charge in [0.25, 0.3) is 0 Å². The SMILES string of the molecule is CCCCNc1cc(CC(CCCN)C(N)CCC)cc(S(N)(=O)=O)c1Oc1ccccc1. The summed E-state index contributed by atoms with van der Waals surface area (Å²) in [5, 5.41) is 9.01. The molecule has 2 aromatic rings. The van der Waals surface area contributed by atoms with Gasteiger partial charge in [0.1, 0.15) is 10.6 Å². The van der Waals surface area contributed by atoms with E-state index >= 15 is 0 Å². The Balaban J connectivity index is 2.51. The highest BCUT2D eigenvalue weighted by atomic mass is 32.2. The molecule has 0 radical (unpaired) electrons. The van der Waals surface area contributed by atoms with Crippen molar-refractivity contribution in [3.05, 3.63) is 48.0 Å². The van der Waals surface area contributed by atoms with Gasteiger partial charge >= 0.3 is 0 Å². The van der Waals surface area contributed by atoms with E-state index in [1.807, 2.05) is 24.3 Å². The molecule has 0 bridgehead atoms. The van der Waals surface area contributed by atoms with Crippen LogP contribution >= 0.6 is 0 Å². The lowest BCUT2D eigenvalue weighted by Crippen LogP contribution is -2.32. The third-order valence-electron chi connectivity index (χ3n) is 5.73. The predicted octanol–water partition coefficient (Wildman–Crippen LogP) is 4.36. The van der Waals surface area contributed by atoms with Gasteiger partial charge in [0, 0.05) is 12.6 Å². The van der Waals surface area contributed by atoms with E-state index in [4.69, 9.17) is 21.3 Å². The second-order valence-corrected chi connectivity index (χ2v) is 10.1. The maximum atomic E-state index is 12.6. The second-order valence-electron chi connectivity index (χ2n) is 8.56. The molecule has 0 saturated carbocycles. The first-order chi connectivity index (χ1) is 15.8. The molecule has 2 rings (SSSR count). The number of sulfonamides is 1. The topological polar surface area (TPSA) is 133 Å². The molecule has 0 saturated heterocycles. The standard InChI is InChI=1S/C25H40N4O3S/c1-3-5-15-29-23-17-19(16-20(11-9-14-26)22(27)10-4-2)18-24(33(28,30)31)25(23)32-21-12-7-6-8-13-21/h6-8,12-13,17-18,20,22,29H,3-5,9-11,14-16,26-27H2,1-2H3,(H2,28,30,31). The number of benzene rings is 2. The van der Waals surface area contributed by atoms with Crippen molar-refractivity contribution >= 4 is 15.7 Å². The van der Waals surface area contributed by atoms with E-state index in [-0.39, 0.29) is 22.6 Å². The number of primary sulfonamides is 1. The fraction of sp³-hybridized carbons (Fsp3) is 0.520.